The van der Waals surface area contributed by atoms with Gasteiger partial charge in [-0.25, -0.2) is 9.97 Å². The van der Waals surface area contributed by atoms with Gasteiger partial charge >= 0.3 is 0 Å². The summed E-state index contributed by atoms with van der Waals surface area (Å²) < 4.78 is 2.38. The highest BCUT2D eigenvalue weighted by molar-refractivity contribution is 6.09. The zero-order chi connectivity index (χ0) is 48.5. The minimum atomic E-state index is 0.668. The number of benzene rings is 11. The topological polar surface area (TPSA) is 30.7 Å². The van der Waals surface area contributed by atoms with Crippen LogP contribution in [-0.4, -0.2) is 14.5 Å². The number of hydrogen-bond acceptors (Lipinski definition) is 2. The Bertz CT molecular complexity index is 4080. The van der Waals surface area contributed by atoms with E-state index in [4.69, 9.17) is 9.97 Å². The van der Waals surface area contributed by atoms with E-state index in [1.165, 1.54) is 49.6 Å². The van der Waals surface area contributed by atoms with Crippen molar-refractivity contribution in [1.29, 1.82) is 0 Å². The van der Waals surface area contributed by atoms with Crippen molar-refractivity contribution >= 4 is 21.8 Å². The molecule has 0 aliphatic carbocycles. The lowest BCUT2D eigenvalue weighted by atomic mass is 9.95. The zero-order valence-electron chi connectivity index (χ0n) is 40.0. The third-order valence-electron chi connectivity index (χ3n) is 14.0. The molecule has 0 spiro atoms. The highest BCUT2D eigenvalue weighted by Gasteiger charge is 2.17. The molecular weight excluding hydrogens is 883 g/mol. The molecule has 0 bridgehead atoms. The molecule has 0 aliphatic rings. The molecule has 13 rings (SSSR count). The fourth-order valence-electron chi connectivity index (χ4n) is 10.4. The van der Waals surface area contributed by atoms with E-state index in [1.807, 2.05) is 0 Å². The molecule has 0 atom stereocenters. The van der Waals surface area contributed by atoms with Crippen molar-refractivity contribution < 1.29 is 0 Å². The largest absolute Gasteiger partial charge is 0.309 e. The van der Waals surface area contributed by atoms with Gasteiger partial charge in [-0.2, -0.15) is 0 Å². The van der Waals surface area contributed by atoms with Crippen LogP contribution < -0.4 is 0 Å². The quantitative estimate of drug-likeness (QED) is 0.137. The van der Waals surface area contributed by atoms with Crippen molar-refractivity contribution in [2.45, 2.75) is 0 Å². The van der Waals surface area contributed by atoms with Gasteiger partial charge in [-0.3, -0.25) is 0 Å². The molecule has 2 heterocycles. The third-order valence-corrected chi connectivity index (χ3v) is 14.0. The predicted octanol–water partition coefficient (Wildman–Crippen LogP) is 18.6. The maximum absolute atomic E-state index is 5.44. The predicted molar refractivity (Wildman–Crippen MR) is 305 cm³/mol. The number of fused-ring (bicyclic) bond motifs is 3. The number of rotatable bonds is 10. The fraction of sp³-hybridized carbons (Fsp3) is 0. The lowest BCUT2D eigenvalue weighted by Gasteiger charge is -2.14. The summed E-state index contributed by atoms with van der Waals surface area (Å²) in [5.41, 5.74) is 22.0. The molecule has 2 aromatic heterocycles. The maximum atomic E-state index is 5.44. The van der Waals surface area contributed by atoms with Crippen molar-refractivity contribution in [2.24, 2.45) is 0 Å². The Morgan fingerprint density at radius 2 is 0.575 bits per heavy atom. The van der Waals surface area contributed by atoms with Crippen LogP contribution in [0.15, 0.2) is 285 Å². The Labute approximate surface area is 425 Å². The molecule has 0 saturated heterocycles. The van der Waals surface area contributed by atoms with E-state index < -0.39 is 0 Å². The first kappa shape index (κ1) is 43.3. The van der Waals surface area contributed by atoms with Crippen LogP contribution in [0.4, 0.5) is 0 Å². The van der Waals surface area contributed by atoms with Crippen LogP contribution in [-0.2, 0) is 0 Å². The monoisotopic (exact) mass is 929 g/mol. The van der Waals surface area contributed by atoms with Gasteiger partial charge in [0.05, 0.1) is 22.4 Å². The van der Waals surface area contributed by atoms with E-state index in [1.54, 1.807) is 0 Å². The smallest absolute Gasteiger partial charge is 0.161 e. The van der Waals surface area contributed by atoms with Gasteiger partial charge in [-0.1, -0.05) is 231 Å². The summed E-state index contributed by atoms with van der Waals surface area (Å²) in [5.74, 6) is 0.668. The summed E-state index contributed by atoms with van der Waals surface area (Å²) in [5, 5.41) is 2.49. The van der Waals surface area contributed by atoms with E-state index in [0.717, 1.165) is 72.7 Å². The summed E-state index contributed by atoms with van der Waals surface area (Å²) in [4.78, 5) is 10.9. The molecule has 11 aromatic carbocycles. The van der Waals surface area contributed by atoms with Gasteiger partial charge in [0.2, 0.25) is 0 Å². The van der Waals surface area contributed by atoms with Crippen LogP contribution in [0.1, 0.15) is 0 Å². The van der Waals surface area contributed by atoms with Gasteiger partial charge in [0.15, 0.2) is 5.82 Å². The Kier molecular flexibility index (Phi) is 11.2. The molecular formula is C70H47N3. The molecule has 0 fully saturated rings. The first-order chi connectivity index (χ1) is 36.2. The van der Waals surface area contributed by atoms with Crippen LogP contribution in [0.5, 0.6) is 0 Å². The van der Waals surface area contributed by atoms with Crippen LogP contribution in [0.2, 0.25) is 0 Å². The normalized spacial score (nSPS) is 11.3. The highest BCUT2D eigenvalue weighted by atomic mass is 15.0. The number of hydrogen-bond donors (Lipinski definition) is 0. The molecule has 342 valence electrons. The molecule has 0 aliphatic heterocycles. The van der Waals surface area contributed by atoms with E-state index >= 15 is 0 Å². The average Bonchev–Trinajstić information content (AvgIpc) is 3.82. The molecule has 3 nitrogen and oxygen atoms in total. The molecule has 0 radical (unpaired) electrons. The summed E-state index contributed by atoms with van der Waals surface area (Å²) in [6.45, 7) is 0. The second kappa shape index (κ2) is 18.9. The van der Waals surface area contributed by atoms with Crippen molar-refractivity contribution in [2.75, 3.05) is 0 Å². The van der Waals surface area contributed by atoms with Crippen molar-refractivity contribution in [1.82, 2.24) is 14.5 Å². The van der Waals surface area contributed by atoms with Gasteiger partial charge in [-0.05, 0) is 121 Å². The summed E-state index contributed by atoms with van der Waals surface area (Å²) >= 11 is 0. The van der Waals surface area contributed by atoms with Crippen molar-refractivity contribution in [3.05, 3.63) is 285 Å². The highest BCUT2D eigenvalue weighted by Crippen LogP contribution is 2.38. The van der Waals surface area contributed by atoms with E-state index in [2.05, 4.69) is 290 Å². The van der Waals surface area contributed by atoms with E-state index in [9.17, 15) is 0 Å². The molecule has 0 N–H and O–H groups in total. The molecule has 0 amide bonds. The molecule has 3 heteroatoms. The van der Waals surface area contributed by atoms with Gasteiger partial charge in [-0.15, -0.1) is 0 Å². The Balaban J connectivity index is 0.899. The summed E-state index contributed by atoms with van der Waals surface area (Å²) in [6, 6.07) is 102. The molecule has 0 unspecified atom stereocenters. The number of nitrogens with zero attached hydrogens (tertiary/aromatic N) is 3. The van der Waals surface area contributed by atoms with Crippen LogP contribution >= 0.6 is 0 Å². The van der Waals surface area contributed by atoms with Crippen molar-refractivity contribution in [3.63, 3.8) is 0 Å². The minimum absolute atomic E-state index is 0.668. The van der Waals surface area contributed by atoms with Crippen LogP contribution in [0.3, 0.4) is 0 Å². The van der Waals surface area contributed by atoms with Crippen molar-refractivity contribution in [3.8, 4) is 106 Å². The SMILES string of the molecule is c1ccc(-c2cccc(-c3cccc(-c4ccc(-c5cc(-c6cccc(-c7cccc(-n8c9ccccc9c9ccccc98)c7)c6)nc(-c6ccccc6-c6cccc(-c7ccccc7)c6)n5)cc4)c3)c2)cc1. The third kappa shape index (κ3) is 8.49. The standard InChI is InChI=1S/C70H47N3/c1-3-18-48(19-4-1)52-22-13-25-55(42-52)56-26-14-23-53(43-56)50-38-40-51(41-39-50)66-47-67(72-70(71-66)65-35-8-7-32-62(65)59-29-15-24-54(44-59)49-20-5-2-6-21-49)60-30-16-27-57(45-60)58-28-17-31-61(46-58)73-68-36-11-9-33-63(68)64-34-10-12-37-69(64)73/h1-47H. The Morgan fingerprint density at radius 1 is 0.219 bits per heavy atom. The van der Waals surface area contributed by atoms with Crippen LogP contribution in [0.25, 0.3) is 128 Å². The molecule has 0 saturated carbocycles. The zero-order valence-corrected chi connectivity index (χ0v) is 40.0. The second-order valence-electron chi connectivity index (χ2n) is 18.6. The first-order valence-corrected chi connectivity index (χ1v) is 24.9. The molecule has 73 heavy (non-hydrogen) atoms. The van der Waals surface area contributed by atoms with Gasteiger partial charge in [0.1, 0.15) is 0 Å². The first-order valence-electron chi connectivity index (χ1n) is 24.9. The van der Waals surface area contributed by atoms with Gasteiger partial charge in [0.25, 0.3) is 0 Å². The van der Waals surface area contributed by atoms with Gasteiger partial charge < -0.3 is 4.57 Å². The minimum Gasteiger partial charge on any atom is -0.309 e. The average molecular weight is 930 g/mol. The maximum Gasteiger partial charge on any atom is 0.161 e. The summed E-state index contributed by atoms with van der Waals surface area (Å²) in [6.07, 6.45) is 0. The number of para-hydroxylation sites is 2. The summed E-state index contributed by atoms with van der Waals surface area (Å²) in [7, 11) is 0. The lowest BCUT2D eigenvalue weighted by molar-refractivity contribution is 1.18. The van der Waals surface area contributed by atoms with E-state index in [-0.39, 0.29) is 0 Å². The Morgan fingerprint density at radius 3 is 1.14 bits per heavy atom. The van der Waals surface area contributed by atoms with E-state index in [0.29, 0.717) is 5.82 Å². The number of aromatic nitrogens is 3. The lowest BCUT2D eigenvalue weighted by Crippen LogP contribution is -1.98. The van der Waals surface area contributed by atoms with Gasteiger partial charge in [0, 0.05) is 33.2 Å². The van der Waals surface area contributed by atoms with Crippen LogP contribution in [0, 0.1) is 0 Å². The fourth-order valence-corrected chi connectivity index (χ4v) is 10.4. The molecule has 13 aromatic rings. The Hall–Kier alpha value is -9.70. The second-order valence-corrected chi connectivity index (χ2v) is 18.6.